The van der Waals surface area contributed by atoms with Gasteiger partial charge < -0.3 is 24.8 Å². The van der Waals surface area contributed by atoms with Crippen molar-refractivity contribution in [2.24, 2.45) is 10.9 Å². The van der Waals surface area contributed by atoms with Crippen LogP contribution in [0.4, 0.5) is 5.69 Å². The quantitative estimate of drug-likeness (QED) is 0.204. The minimum absolute atomic E-state index is 0. The number of nitrogens with one attached hydrogen (secondary N) is 2. The molecule has 0 bridgehead atoms. The van der Waals surface area contributed by atoms with Crippen LogP contribution in [0.5, 0.6) is 11.5 Å². The summed E-state index contributed by atoms with van der Waals surface area (Å²) >= 11 is 1.72. The summed E-state index contributed by atoms with van der Waals surface area (Å²) in [6.45, 7) is 4.52. The fourth-order valence-electron chi connectivity index (χ4n) is 2.99. The highest BCUT2D eigenvalue weighted by atomic mass is 127. The highest BCUT2D eigenvalue weighted by Gasteiger charge is 2.20. The minimum atomic E-state index is 0. The number of fused-ring (bicyclic) bond motifs is 1. The average molecular weight is 543 g/mol. The van der Waals surface area contributed by atoms with E-state index >= 15 is 0 Å². The highest BCUT2D eigenvalue weighted by molar-refractivity contribution is 14.0. The van der Waals surface area contributed by atoms with Crippen molar-refractivity contribution in [2.75, 3.05) is 38.3 Å². The van der Waals surface area contributed by atoms with Gasteiger partial charge in [-0.3, -0.25) is 0 Å². The number of guanidine groups is 1. The van der Waals surface area contributed by atoms with E-state index in [2.05, 4.69) is 28.1 Å². The van der Waals surface area contributed by atoms with Gasteiger partial charge in [-0.05, 0) is 48.8 Å². The Bertz CT molecular complexity index is 797. The van der Waals surface area contributed by atoms with Crippen LogP contribution in [0.25, 0.3) is 0 Å². The van der Waals surface area contributed by atoms with Gasteiger partial charge in [-0.2, -0.15) is 0 Å². The molecule has 1 aromatic carbocycles. The lowest BCUT2D eigenvalue weighted by Gasteiger charge is -2.14. The van der Waals surface area contributed by atoms with Crippen molar-refractivity contribution in [1.29, 1.82) is 0 Å². The molecule has 1 saturated carbocycles. The summed E-state index contributed by atoms with van der Waals surface area (Å²) in [5, 5.41) is 8.89. The van der Waals surface area contributed by atoms with Gasteiger partial charge in [-0.25, -0.2) is 4.99 Å². The molecule has 30 heavy (non-hydrogen) atoms. The molecular weight excluding hydrogens is 513 g/mol. The number of ether oxygens (including phenoxy) is 3. The van der Waals surface area contributed by atoms with Gasteiger partial charge in [0.25, 0.3) is 0 Å². The number of nitrogens with zero attached hydrogens (tertiary/aromatic N) is 1. The maximum atomic E-state index is 5.80. The third-order valence-electron chi connectivity index (χ3n) is 4.79. The van der Waals surface area contributed by atoms with Crippen LogP contribution in [-0.2, 0) is 11.3 Å². The second kappa shape index (κ2) is 12.4. The number of thiophene rings is 1. The van der Waals surface area contributed by atoms with Crippen LogP contribution in [0, 0.1) is 5.92 Å². The van der Waals surface area contributed by atoms with E-state index < -0.39 is 0 Å². The van der Waals surface area contributed by atoms with Gasteiger partial charge in [-0.1, -0.05) is 6.07 Å². The SMILES string of the molecule is I.c1csc(CN=C(NCCCOCC2CC2)Nc2ccc3c(c2)OCCCO3)c1. The highest BCUT2D eigenvalue weighted by Crippen LogP contribution is 2.32. The summed E-state index contributed by atoms with van der Waals surface area (Å²) in [5.74, 6) is 3.14. The van der Waals surface area contributed by atoms with Gasteiger partial charge >= 0.3 is 0 Å². The molecule has 1 aromatic heterocycles. The van der Waals surface area contributed by atoms with E-state index in [1.807, 2.05) is 18.2 Å². The number of hydrogen-bond donors (Lipinski definition) is 2. The molecule has 0 amide bonds. The number of benzene rings is 1. The zero-order valence-electron chi connectivity index (χ0n) is 17.1. The lowest BCUT2D eigenvalue weighted by Crippen LogP contribution is -2.32. The summed E-state index contributed by atoms with van der Waals surface area (Å²) in [5.41, 5.74) is 0.927. The van der Waals surface area contributed by atoms with E-state index in [0.29, 0.717) is 19.8 Å². The average Bonchev–Trinajstić information content (AvgIpc) is 3.47. The maximum absolute atomic E-state index is 5.80. The summed E-state index contributed by atoms with van der Waals surface area (Å²) in [7, 11) is 0. The molecule has 1 aliphatic heterocycles. The normalized spacial score (nSPS) is 15.8. The van der Waals surface area contributed by atoms with Crippen LogP contribution in [0.15, 0.2) is 40.7 Å². The van der Waals surface area contributed by atoms with E-state index in [-0.39, 0.29) is 24.0 Å². The summed E-state index contributed by atoms with van der Waals surface area (Å²) in [6.07, 6.45) is 4.51. The summed E-state index contributed by atoms with van der Waals surface area (Å²) < 4.78 is 17.2. The topological polar surface area (TPSA) is 64.1 Å². The predicted octanol–water partition coefficient (Wildman–Crippen LogP) is 4.90. The van der Waals surface area contributed by atoms with E-state index in [1.54, 1.807) is 11.3 Å². The Labute approximate surface area is 199 Å². The lowest BCUT2D eigenvalue weighted by atomic mass is 10.2. The first-order chi connectivity index (χ1) is 14.4. The fraction of sp³-hybridized carbons (Fsp3) is 0.500. The molecule has 2 N–H and O–H groups in total. The Morgan fingerprint density at radius 1 is 1.17 bits per heavy atom. The zero-order valence-corrected chi connectivity index (χ0v) is 20.2. The monoisotopic (exact) mass is 543 g/mol. The van der Waals surface area contributed by atoms with E-state index in [0.717, 1.165) is 61.7 Å². The molecule has 1 fully saturated rings. The number of hydrogen-bond acceptors (Lipinski definition) is 5. The van der Waals surface area contributed by atoms with Crippen LogP contribution < -0.4 is 20.1 Å². The molecule has 2 heterocycles. The van der Waals surface area contributed by atoms with Gasteiger partial charge in [0, 0.05) is 42.8 Å². The number of rotatable bonds is 9. The number of anilines is 1. The third kappa shape index (κ3) is 7.63. The largest absolute Gasteiger partial charge is 0.490 e. The third-order valence-corrected chi connectivity index (χ3v) is 5.65. The Hall–Kier alpha value is -1.52. The van der Waals surface area contributed by atoms with Crippen LogP contribution in [0.3, 0.4) is 0 Å². The standard InChI is InChI=1S/C22H29N3O3S.HI/c1-4-19(29-13-1)15-24-22(23-9-2-10-26-16-17-5-6-17)25-18-7-8-20-21(14-18)28-12-3-11-27-20;/h1,4,7-8,13-14,17H,2-3,5-6,9-12,15-16H2,(H2,23,24,25);1H. The molecule has 0 unspecified atom stereocenters. The maximum Gasteiger partial charge on any atom is 0.196 e. The van der Waals surface area contributed by atoms with Crippen LogP contribution in [0.1, 0.15) is 30.6 Å². The molecule has 0 saturated heterocycles. The van der Waals surface area contributed by atoms with Crippen molar-refractivity contribution in [3.8, 4) is 11.5 Å². The zero-order chi connectivity index (χ0) is 19.7. The molecule has 2 aromatic rings. The molecule has 1 aliphatic carbocycles. The van der Waals surface area contributed by atoms with Crippen LogP contribution >= 0.6 is 35.3 Å². The predicted molar refractivity (Wildman–Crippen MR) is 133 cm³/mol. The van der Waals surface area contributed by atoms with Crippen molar-refractivity contribution in [1.82, 2.24) is 5.32 Å². The van der Waals surface area contributed by atoms with Gasteiger partial charge in [-0.15, -0.1) is 35.3 Å². The molecule has 6 nitrogen and oxygen atoms in total. The second-order valence-electron chi connectivity index (χ2n) is 7.38. The van der Waals surface area contributed by atoms with Crippen LogP contribution in [0.2, 0.25) is 0 Å². The number of aliphatic imine (C=N–C) groups is 1. The van der Waals surface area contributed by atoms with Gasteiger partial charge in [0.2, 0.25) is 0 Å². The van der Waals surface area contributed by atoms with Crippen molar-refractivity contribution in [3.05, 3.63) is 40.6 Å². The van der Waals surface area contributed by atoms with E-state index in [9.17, 15) is 0 Å². The first-order valence-corrected chi connectivity index (χ1v) is 11.3. The molecule has 0 spiro atoms. The van der Waals surface area contributed by atoms with E-state index in [4.69, 9.17) is 19.2 Å². The second-order valence-corrected chi connectivity index (χ2v) is 8.41. The molecule has 8 heteroatoms. The van der Waals surface area contributed by atoms with E-state index in [1.165, 1.54) is 17.7 Å². The Morgan fingerprint density at radius 3 is 2.83 bits per heavy atom. The molecule has 0 radical (unpaired) electrons. The number of halogens is 1. The van der Waals surface area contributed by atoms with Crippen molar-refractivity contribution < 1.29 is 14.2 Å². The Morgan fingerprint density at radius 2 is 2.03 bits per heavy atom. The Kier molecular flexibility index (Phi) is 9.54. The molecule has 164 valence electrons. The molecular formula is C22H30IN3O3S. The van der Waals surface area contributed by atoms with Gasteiger partial charge in [0.1, 0.15) is 0 Å². The Balaban J connectivity index is 0.00000256. The lowest BCUT2D eigenvalue weighted by molar-refractivity contribution is 0.123. The summed E-state index contributed by atoms with van der Waals surface area (Å²) in [6, 6.07) is 10.1. The molecule has 4 rings (SSSR count). The fourth-order valence-corrected chi connectivity index (χ4v) is 3.62. The van der Waals surface area contributed by atoms with Crippen LogP contribution in [-0.4, -0.2) is 38.9 Å². The van der Waals surface area contributed by atoms with Crippen molar-refractivity contribution in [3.63, 3.8) is 0 Å². The van der Waals surface area contributed by atoms with Crippen molar-refractivity contribution >= 4 is 47.0 Å². The minimum Gasteiger partial charge on any atom is -0.490 e. The van der Waals surface area contributed by atoms with Gasteiger partial charge in [0.15, 0.2) is 17.5 Å². The first kappa shape index (κ1) is 23.1. The van der Waals surface area contributed by atoms with Crippen molar-refractivity contribution in [2.45, 2.75) is 32.2 Å². The molecule has 2 aliphatic rings. The summed E-state index contributed by atoms with van der Waals surface area (Å²) in [4.78, 5) is 5.97. The smallest absolute Gasteiger partial charge is 0.196 e. The first-order valence-electron chi connectivity index (χ1n) is 10.4. The van der Waals surface area contributed by atoms with Gasteiger partial charge in [0.05, 0.1) is 19.8 Å². The molecule has 0 atom stereocenters.